The summed E-state index contributed by atoms with van der Waals surface area (Å²) in [6.07, 6.45) is 0.429. The molecule has 5 nitrogen and oxygen atoms in total. The SMILES string of the molecule is CCC(=O)Nc1cc(C(C)(C)C)nn1-c1ccc(OC)cc1. The minimum atomic E-state index is -0.0938. The maximum absolute atomic E-state index is 11.8. The topological polar surface area (TPSA) is 56.2 Å². The van der Waals surface area contributed by atoms with E-state index in [-0.39, 0.29) is 11.3 Å². The first-order valence-corrected chi connectivity index (χ1v) is 7.40. The maximum atomic E-state index is 11.8. The molecule has 0 radical (unpaired) electrons. The lowest BCUT2D eigenvalue weighted by atomic mass is 9.92. The standard InChI is InChI=1S/C17H23N3O2/c1-6-16(21)18-15-11-14(17(2,3)4)19-20(15)12-7-9-13(22-5)10-8-12/h7-11H,6H2,1-5H3,(H,18,21). The van der Waals surface area contributed by atoms with Gasteiger partial charge in [0.1, 0.15) is 11.6 Å². The lowest BCUT2D eigenvalue weighted by Crippen LogP contribution is -2.14. The number of methoxy groups -OCH3 is 1. The van der Waals surface area contributed by atoms with Gasteiger partial charge in [0.2, 0.25) is 5.91 Å². The summed E-state index contributed by atoms with van der Waals surface area (Å²) in [6, 6.07) is 9.51. The number of aromatic nitrogens is 2. The molecule has 22 heavy (non-hydrogen) atoms. The minimum absolute atomic E-state index is 0.0323. The van der Waals surface area contributed by atoms with Gasteiger partial charge in [0.05, 0.1) is 18.5 Å². The highest BCUT2D eigenvalue weighted by Crippen LogP contribution is 2.27. The highest BCUT2D eigenvalue weighted by molar-refractivity contribution is 5.90. The van der Waals surface area contributed by atoms with E-state index in [9.17, 15) is 4.79 Å². The number of anilines is 1. The van der Waals surface area contributed by atoms with Crippen molar-refractivity contribution in [3.63, 3.8) is 0 Å². The Bertz CT molecular complexity index is 652. The molecule has 0 unspecified atom stereocenters. The Hall–Kier alpha value is -2.30. The summed E-state index contributed by atoms with van der Waals surface area (Å²) in [5, 5.41) is 7.57. The molecule has 0 aliphatic carbocycles. The molecule has 0 fully saturated rings. The van der Waals surface area contributed by atoms with Crippen LogP contribution >= 0.6 is 0 Å². The zero-order valence-electron chi connectivity index (χ0n) is 13.8. The van der Waals surface area contributed by atoms with E-state index in [1.165, 1.54) is 0 Å². The van der Waals surface area contributed by atoms with Crippen molar-refractivity contribution in [2.75, 3.05) is 12.4 Å². The van der Waals surface area contributed by atoms with E-state index in [1.54, 1.807) is 11.8 Å². The molecule has 118 valence electrons. The zero-order valence-corrected chi connectivity index (χ0v) is 13.8. The van der Waals surface area contributed by atoms with Gasteiger partial charge in [-0.15, -0.1) is 0 Å². The van der Waals surface area contributed by atoms with Crippen LogP contribution in [0, 0.1) is 0 Å². The fourth-order valence-corrected chi connectivity index (χ4v) is 1.99. The number of carbonyl (C=O) groups is 1. The van der Waals surface area contributed by atoms with Gasteiger partial charge in [-0.05, 0) is 24.3 Å². The number of hydrogen-bond acceptors (Lipinski definition) is 3. The van der Waals surface area contributed by atoms with Gasteiger partial charge >= 0.3 is 0 Å². The predicted molar refractivity (Wildman–Crippen MR) is 87.7 cm³/mol. The molecule has 1 aromatic carbocycles. The summed E-state index contributed by atoms with van der Waals surface area (Å²) >= 11 is 0. The fraction of sp³-hybridized carbons (Fsp3) is 0.412. The smallest absolute Gasteiger partial charge is 0.225 e. The van der Waals surface area contributed by atoms with E-state index in [4.69, 9.17) is 4.74 Å². The molecule has 1 aromatic heterocycles. The van der Waals surface area contributed by atoms with Crippen LogP contribution in [-0.4, -0.2) is 22.8 Å². The van der Waals surface area contributed by atoms with E-state index in [0.717, 1.165) is 17.1 Å². The van der Waals surface area contributed by atoms with Crippen molar-refractivity contribution < 1.29 is 9.53 Å². The maximum Gasteiger partial charge on any atom is 0.225 e. The van der Waals surface area contributed by atoms with Crippen LogP contribution in [0.15, 0.2) is 30.3 Å². The van der Waals surface area contributed by atoms with Crippen molar-refractivity contribution in [3.8, 4) is 11.4 Å². The van der Waals surface area contributed by atoms with Crippen molar-refractivity contribution in [2.24, 2.45) is 0 Å². The molecule has 0 spiro atoms. The van der Waals surface area contributed by atoms with Gasteiger partial charge in [-0.25, -0.2) is 4.68 Å². The largest absolute Gasteiger partial charge is 0.497 e. The summed E-state index contributed by atoms with van der Waals surface area (Å²) in [5.41, 5.74) is 1.71. The van der Waals surface area contributed by atoms with Gasteiger partial charge in [0.15, 0.2) is 0 Å². The van der Waals surface area contributed by atoms with E-state index in [0.29, 0.717) is 12.2 Å². The Balaban J connectivity index is 2.46. The normalized spacial score (nSPS) is 11.3. The summed E-state index contributed by atoms with van der Waals surface area (Å²) < 4.78 is 6.93. The number of ether oxygens (including phenoxy) is 1. The van der Waals surface area contributed by atoms with Crippen molar-refractivity contribution in [1.29, 1.82) is 0 Å². The highest BCUT2D eigenvalue weighted by atomic mass is 16.5. The third kappa shape index (κ3) is 3.47. The van der Waals surface area contributed by atoms with Crippen LogP contribution in [-0.2, 0) is 10.2 Å². The van der Waals surface area contributed by atoms with Gasteiger partial charge in [-0.3, -0.25) is 4.79 Å². The van der Waals surface area contributed by atoms with E-state index >= 15 is 0 Å². The molecular formula is C17H23N3O2. The van der Waals surface area contributed by atoms with Gasteiger partial charge in [-0.1, -0.05) is 27.7 Å². The van der Waals surface area contributed by atoms with Gasteiger partial charge in [0.25, 0.3) is 0 Å². The average molecular weight is 301 g/mol. The first kappa shape index (κ1) is 16.1. The number of hydrogen-bond donors (Lipinski definition) is 1. The van der Waals surface area contributed by atoms with E-state index < -0.39 is 0 Å². The number of rotatable bonds is 4. The molecule has 0 bridgehead atoms. The van der Waals surface area contributed by atoms with Crippen LogP contribution in [0.2, 0.25) is 0 Å². The second-order valence-electron chi connectivity index (χ2n) is 6.18. The summed E-state index contributed by atoms with van der Waals surface area (Å²) in [6.45, 7) is 8.12. The Morgan fingerprint density at radius 2 is 1.91 bits per heavy atom. The van der Waals surface area contributed by atoms with Gasteiger partial charge < -0.3 is 10.1 Å². The quantitative estimate of drug-likeness (QED) is 0.940. The number of benzene rings is 1. The van der Waals surface area contributed by atoms with Crippen LogP contribution in [0.3, 0.4) is 0 Å². The van der Waals surface area contributed by atoms with Gasteiger partial charge in [0, 0.05) is 17.9 Å². The Labute approximate surface area is 131 Å². The zero-order chi connectivity index (χ0) is 16.3. The number of nitrogens with one attached hydrogen (secondary N) is 1. The summed E-state index contributed by atoms with van der Waals surface area (Å²) in [7, 11) is 1.63. The third-order valence-corrected chi connectivity index (χ3v) is 3.38. The molecule has 0 aliphatic heterocycles. The minimum Gasteiger partial charge on any atom is -0.497 e. The average Bonchev–Trinajstić information content (AvgIpc) is 2.91. The molecule has 2 aromatic rings. The second kappa shape index (κ2) is 6.22. The Morgan fingerprint density at radius 1 is 1.27 bits per heavy atom. The first-order valence-electron chi connectivity index (χ1n) is 7.40. The molecule has 5 heteroatoms. The number of amides is 1. The molecular weight excluding hydrogens is 278 g/mol. The summed E-state index contributed by atoms with van der Waals surface area (Å²) in [5.74, 6) is 1.43. The van der Waals surface area contributed by atoms with Crippen LogP contribution in [0.4, 0.5) is 5.82 Å². The van der Waals surface area contributed by atoms with Crippen molar-refractivity contribution in [2.45, 2.75) is 39.5 Å². The monoisotopic (exact) mass is 301 g/mol. The molecule has 1 N–H and O–H groups in total. The fourth-order valence-electron chi connectivity index (χ4n) is 1.99. The second-order valence-corrected chi connectivity index (χ2v) is 6.18. The van der Waals surface area contributed by atoms with E-state index in [1.807, 2.05) is 37.3 Å². The molecule has 2 rings (SSSR count). The summed E-state index contributed by atoms with van der Waals surface area (Å²) in [4.78, 5) is 11.8. The van der Waals surface area contributed by atoms with Crippen LogP contribution in [0.5, 0.6) is 5.75 Å². The highest BCUT2D eigenvalue weighted by Gasteiger charge is 2.21. The van der Waals surface area contributed by atoms with Gasteiger partial charge in [-0.2, -0.15) is 5.10 Å². The predicted octanol–water partition coefficient (Wildman–Crippen LogP) is 3.53. The first-order chi connectivity index (χ1) is 10.3. The molecule has 1 amide bonds. The lowest BCUT2D eigenvalue weighted by molar-refractivity contribution is -0.115. The van der Waals surface area contributed by atoms with E-state index in [2.05, 4.69) is 31.2 Å². The number of carbonyl (C=O) groups excluding carboxylic acids is 1. The van der Waals surface area contributed by atoms with Crippen molar-refractivity contribution in [1.82, 2.24) is 9.78 Å². The number of nitrogens with zero attached hydrogens (tertiary/aromatic N) is 2. The van der Waals surface area contributed by atoms with Crippen molar-refractivity contribution in [3.05, 3.63) is 36.0 Å². The Kier molecular flexibility index (Phi) is 4.54. The third-order valence-electron chi connectivity index (χ3n) is 3.38. The molecule has 0 aliphatic rings. The van der Waals surface area contributed by atoms with Crippen LogP contribution in [0.25, 0.3) is 5.69 Å². The molecule has 0 saturated carbocycles. The van der Waals surface area contributed by atoms with Crippen LogP contribution < -0.4 is 10.1 Å². The Morgan fingerprint density at radius 3 is 2.41 bits per heavy atom. The van der Waals surface area contributed by atoms with Crippen LogP contribution in [0.1, 0.15) is 39.8 Å². The molecule has 1 heterocycles. The molecule has 0 saturated heterocycles. The van der Waals surface area contributed by atoms with Crippen molar-refractivity contribution >= 4 is 11.7 Å². The molecule has 0 atom stereocenters. The lowest BCUT2D eigenvalue weighted by Gasteiger charge is -2.14.